The lowest BCUT2D eigenvalue weighted by Crippen LogP contribution is -2.19. The summed E-state index contributed by atoms with van der Waals surface area (Å²) in [6, 6.07) is 6.74. The van der Waals surface area contributed by atoms with Gasteiger partial charge in [-0.25, -0.2) is 0 Å². The van der Waals surface area contributed by atoms with Gasteiger partial charge >= 0.3 is 0 Å². The van der Waals surface area contributed by atoms with Gasteiger partial charge in [0.1, 0.15) is 0 Å². The van der Waals surface area contributed by atoms with Crippen molar-refractivity contribution in [2.45, 2.75) is 65.8 Å². The van der Waals surface area contributed by atoms with Crippen molar-refractivity contribution in [1.29, 1.82) is 0 Å². The maximum Gasteiger partial charge on any atom is 0.221 e. The van der Waals surface area contributed by atoms with Crippen LogP contribution >= 0.6 is 0 Å². The van der Waals surface area contributed by atoms with E-state index >= 15 is 0 Å². The van der Waals surface area contributed by atoms with Crippen molar-refractivity contribution in [3.05, 3.63) is 23.8 Å². The van der Waals surface area contributed by atoms with Gasteiger partial charge in [-0.05, 0) is 61.8 Å². The van der Waals surface area contributed by atoms with Gasteiger partial charge in [0.05, 0.1) is 0 Å². The first-order valence-corrected chi connectivity index (χ1v) is 8.00. The lowest BCUT2D eigenvalue weighted by atomic mass is 9.85. The van der Waals surface area contributed by atoms with Gasteiger partial charge in [-0.2, -0.15) is 0 Å². The van der Waals surface area contributed by atoms with Crippen LogP contribution in [0, 0.1) is 12.3 Å². The molecular weight excluding hydrogens is 260 g/mol. The van der Waals surface area contributed by atoms with Gasteiger partial charge in [-0.1, -0.05) is 20.3 Å². The molecule has 2 rings (SSSR count). The smallest absolute Gasteiger partial charge is 0.221 e. The van der Waals surface area contributed by atoms with Crippen LogP contribution in [0.15, 0.2) is 18.2 Å². The van der Waals surface area contributed by atoms with Crippen molar-refractivity contribution in [3.8, 4) is 0 Å². The van der Waals surface area contributed by atoms with E-state index in [0.717, 1.165) is 16.9 Å². The minimum absolute atomic E-state index is 0.0233. The summed E-state index contributed by atoms with van der Waals surface area (Å²) in [6.07, 6.45) is 6.39. The number of hydrogen-bond donors (Lipinski definition) is 2. The third kappa shape index (κ3) is 4.76. The second-order valence-electron chi connectivity index (χ2n) is 7.15. The Balaban J connectivity index is 2.00. The molecule has 0 aromatic heterocycles. The number of nitrogens with one attached hydrogen (secondary N) is 2. The third-order valence-electron chi connectivity index (χ3n) is 4.48. The van der Waals surface area contributed by atoms with E-state index in [0.29, 0.717) is 11.5 Å². The maximum absolute atomic E-state index is 11.1. The number of benzene rings is 1. The van der Waals surface area contributed by atoms with Crippen LogP contribution in [0.4, 0.5) is 11.4 Å². The molecule has 0 aliphatic heterocycles. The van der Waals surface area contributed by atoms with Gasteiger partial charge in [0.2, 0.25) is 5.91 Å². The second-order valence-corrected chi connectivity index (χ2v) is 7.15. The van der Waals surface area contributed by atoms with Crippen molar-refractivity contribution in [2.75, 3.05) is 10.6 Å². The largest absolute Gasteiger partial charge is 0.382 e. The molecule has 0 bridgehead atoms. The Morgan fingerprint density at radius 2 is 2.00 bits per heavy atom. The lowest BCUT2D eigenvalue weighted by molar-refractivity contribution is -0.114. The summed E-state index contributed by atoms with van der Waals surface area (Å²) >= 11 is 0. The van der Waals surface area contributed by atoms with E-state index in [2.05, 4.69) is 36.6 Å². The van der Waals surface area contributed by atoms with Gasteiger partial charge in [0.15, 0.2) is 0 Å². The van der Waals surface area contributed by atoms with Crippen molar-refractivity contribution in [2.24, 2.45) is 5.41 Å². The Labute approximate surface area is 128 Å². The Morgan fingerprint density at radius 3 is 2.67 bits per heavy atom. The second kappa shape index (κ2) is 6.50. The van der Waals surface area contributed by atoms with Gasteiger partial charge in [-0.3, -0.25) is 4.79 Å². The molecule has 1 fully saturated rings. The molecule has 3 heteroatoms. The summed E-state index contributed by atoms with van der Waals surface area (Å²) in [5.74, 6) is -0.0233. The van der Waals surface area contributed by atoms with E-state index in [9.17, 15) is 4.79 Å². The SMILES string of the molecule is CC(=O)Nc1ccc(NC2CCCC(C)(C)CC2)cc1C. The Morgan fingerprint density at radius 1 is 1.24 bits per heavy atom. The van der Waals surface area contributed by atoms with Crippen LogP contribution in [0.3, 0.4) is 0 Å². The van der Waals surface area contributed by atoms with Gasteiger partial charge in [-0.15, -0.1) is 0 Å². The highest BCUT2D eigenvalue weighted by molar-refractivity contribution is 5.89. The molecule has 0 saturated heterocycles. The monoisotopic (exact) mass is 288 g/mol. The zero-order chi connectivity index (χ0) is 15.5. The summed E-state index contributed by atoms with van der Waals surface area (Å²) < 4.78 is 0. The first kappa shape index (κ1) is 15.9. The third-order valence-corrected chi connectivity index (χ3v) is 4.48. The van der Waals surface area contributed by atoms with E-state index in [1.165, 1.54) is 32.1 Å². The van der Waals surface area contributed by atoms with Crippen LogP contribution in [0.25, 0.3) is 0 Å². The topological polar surface area (TPSA) is 41.1 Å². The average Bonchev–Trinajstić information content (AvgIpc) is 2.54. The molecule has 0 spiro atoms. The molecule has 1 amide bonds. The van der Waals surface area contributed by atoms with Crippen LogP contribution in [-0.2, 0) is 4.79 Å². The molecule has 2 N–H and O–H groups in total. The normalized spacial score (nSPS) is 21.4. The molecule has 1 atom stereocenters. The fourth-order valence-corrected chi connectivity index (χ4v) is 3.12. The number of carbonyl (C=O) groups is 1. The van der Waals surface area contributed by atoms with E-state index < -0.39 is 0 Å². The fourth-order valence-electron chi connectivity index (χ4n) is 3.12. The first-order chi connectivity index (χ1) is 9.85. The number of hydrogen-bond acceptors (Lipinski definition) is 2. The predicted molar refractivity (Wildman–Crippen MR) is 89.8 cm³/mol. The number of aryl methyl sites for hydroxylation is 1. The number of anilines is 2. The molecule has 116 valence electrons. The highest BCUT2D eigenvalue weighted by Crippen LogP contribution is 2.34. The zero-order valence-electron chi connectivity index (χ0n) is 13.8. The summed E-state index contributed by atoms with van der Waals surface area (Å²) in [4.78, 5) is 11.1. The van der Waals surface area contributed by atoms with Gasteiger partial charge < -0.3 is 10.6 Å². The minimum atomic E-state index is -0.0233. The average molecular weight is 288 g/mol. The predicted octanol–water partition coefficient (Wildman–Crippen LogP) is 4.72. The van der Waals surface area contributed by atoms with E-state index in [1.54, 1.807) is 6.92 Å². The molecule has 21 heavy (non-hydrogen) atoms. The standard InChI is InChI=1S/C18H28N2O/c1-13-12-16(7-8-17(13)19-14(2)21)20-15-6-5-10-18(3,4)11-9-15/h7-8,12,15,20H,5-6,9-11H2,1-4H3,(H,19,21). The van der Waals surface area contributed by atoms with Crippen molar-refractivity contribution < 1.29 is 4.79 Å². The van der Waals surface area contributed by atoms with Crippen molar-refractivity contribution >= 4 is 17.3 Å². The highest BCUT2D eigenvalue weighted by atomic mass is 16.1. The van der Waals surface area contributed by atoms with Crippen LogP contribution in [0.5, 0.6) is 0 Å². The Hall–Kier alpha value is -1.51. The summed E-state index contributed by atoms with van der Waals surface area (Å²) in [5.41, 5.74) is 3.65. The highest BCUT2D eigenvalue weighted by Gasteiger charge is 2.24. The molecule has 1 aliphatic rings. The lowest BCUT2D eigenvalue weighted by Gasteiger charge is -2.22. The molecule has 3 nitrogen and oxygen atoms in total. The first-order valence-electron chi connectivity index (χ1n) is 8.00. The molecule has 1 aromatic carbocycles. The summed E-state index contributed by atoms with van der Waals surface area (Å²) in [7, 11) is 0. The number of carbonyl (C=O) groups excluding carboxylic acids is 1. The van der Waals surface area contributed by atoms with Crippen molar-refractivity contribution in [3.63, 3.8) is 0 Å². The molecule has 1 aliphatic carbocycles. The van der Waals surface area contributed by atoms with E-state index in [4.69, 9.17) is 0 Å². The Kier molecular flexibility index (Phi) is 4.92. The zero-order valence-corrected chi connectivity index (χ0v) is 13.8. The summed E-state index contributed by atoms with van der Waals surface area (Å²) in [6.45, 7) is 8.33. The molecule has 0 radical (unpaired) electrons. The Bertz CT molecular complexity index is 508. The maximum atomic E-state index is 11.1. The van der Waals surface area contributed by atoms with Crippen LogP contribution in [-0.4, -0.2) is 11.9 Å². The fraction of sp³-hybridized carbons (Fsp3) is 0.611. The number of amides is 1. The van der Waals surface area contributed by atoms with Crippen LogP contribution in [0.1, 0.15) is 58.4 Å². The molecule has 0 heterocycles. The quantitative estimate of drug-likeness (QED) is 0.790. The van der Waals surface area contributed by atoms with Gasteiger partial charge in [0.25, 0.3) is 0 Å². The van der Waals surface area contributed by atoms with Crippen molar-refractivity contribution in [1.82, 2.24) is 0 Å². The number of rotatable bonds is 3. The molecule has 1 aromatic rings. The molecular formula is C18H28N2O. The van der Waals surface area contributed by atoms with Crippen LogP contribution in [0.2, 0.25) is 0 Å². The van der Waals surface area contributed by atoms with E-state index in [1.807, 2.05) is 13.0 Å². The van der Waals surface area contributed by atoms with Crippen LogP contribution < -0.4 is 10.6 Å². The summed E-state index contributed by atoms with van der Waals surface area (Å²) in [5, 5.41) is 6.53. The van der Waals surface area contributed by atoms with Gasteiger partial charge in [0, 0.05) is 24.3 Å². The molecule has 1 unspecified atom stereocenters. The minimum Gasteiger partial charge on any atom is -0.382 e. The van der Waals surface area contributed by atoms with E-state index in [-0.39, 0.29) is 5.91 Å². The molecule has 1 saturated carbocycles.